The number of aromatic nitrogens is 4. The van der Waals surface area contributed by atoms with Crippen LogP contribution in [0.1, 0.15) is 18.7 Å². The lowest BCUT2D eigenvalue weighted by Gasteiger charge is -2.32. The molecule has 6 nitrogen and oxygen atoms in total. The Balaban J connectivity index is 1.44. The summed E-state index contributed by atoms with van der Waals surface area (Å²) < 4.78 is 14.7. The average molecular weight is 379 g/mol. The molecule has 0 N–H and O–H groups in total. The zero-order chi connectivity index (χ0) is 19.5. The Bertz CT molecular complexity index is 1010. The second-order valence-electron chi connectivity index (χ2n) is 7.14. The minimum Gasteiger partial charge on any atom is -0.356 e. The minimum absolute atomic E-state index is 0.111. The van der Waals surface area contributed by atoms with Crippen LogP contribution in [-0.2, 0) is 6.54 Å². The van der Waals surface area contributed by atoms with Gasteiger partial charge in [0.1, 0.15) is 17.5 Å². The van der Waals surface area contributed by atoms with E-state index in [1.54, 1.807) is 24.4 Å². The predicted molar refractivity (Wildman–Crippen MR) is 106 cm³/mol. The molecule has 0 aliphatic carbocycles. The molecule has 1 saturated heterocycles. The molecule has 1 fully saturated rings. The van der Waals surface area contributed by atoms with Crippen molar-refractivity contribution in [3.8, 4) is 11.3 Å². The molecule has 4 rings (SSSR count). The molecule has 0 unspecified atom stereocenters. The number of piperidine rings is 1. The molecule has 1 aliphatic rings. The van der Waals surface area contributed by atoms with E-state index in [2.05, 4.69) is 20.0 Å². The number of rotatable bonds is 4. The normalized spacial score (nSPS) is 15.0. The fourth-order valence-corrected chi connectivity index (χ4v) is 3.56. The van der Waals surface area contributed by atoms with Gasteiger partial charge < -0.3 is 4.90 Å². The van der Waals surface area contributed by atoms with Gasteiger partial charge in [-0.15, -0.1) is 0 Å². The summed E-state index contributed by atoms with van der Waals surface area (Å²) in [4.78, 5) is 23.2. The van der Waals surface area contributed by atoms with Gasteiger partial charge in [-0.25, -0.2) is 19.0 Å². The average Bonchev–Trinajstić information content (AvgIpc) is 2.71. The minimum atomic E-state index is -0.289. The van der Waals surface area contributed by atoms with Crippen LogP contribution in [0, 0.1) is 18.7 Å². The van der Waals surface area contributed by atoms with Gasteiger partial charge in [0.25, 0.3) is 5.56 Å². The number of hydrogen-bond acceptors (Lipinski definition) is 5. The van der Waals surface area contributed by atoms with E-state index in [-0.39, 0.29) is 11.4 Å². The molecule has 0 amide bonds. The molecule has 2 aromatic heterocycles. The zero-order valence-electron chi connectivity index (χ0n) is 15.8. The standard InChI is InChI=1S/C21H22FN5O/c1-15-23-11-8-20(24-15)26-12-9-16(10-13-26)14-27-21(28)7-6-19(25-27)17-2-4-18(22)5-3-17/h2-8,11,16H,9-10,12-14H2,1H3. The summed E-state index contributed by atoms with van der Waals surface area (Å²) in [6.07, 6.45) is 3.73. The fourth-order valence-electron chi connectivity index (χ4n) is 3.56. The Morgan fingerprint density at radius 3 is 2.54 bits per heavy atom. The molecule has 28 heavy (non-hydrogen) atoms. The van der Waals surface area contributed by atoms with Crippen molar-refractivity contribution in [3.63, 3.8) is 0 Å². The highest BCUT2D eigenvalue weighted by Crippen LogP contribution is 2.23. The molecular weight excluding hydrogens is 357 g/mol. The predicted octanol–water partition coefficient (Wildman–Crippen LogP) is 3.06. The van der Waals surface area contributed by atoms with E-state index in [1.165, 1.54) is 22.9 Å². The highest BCUT2D eigenvalue weighted by atomic mass is 19.1. The van der Waals surface area contributed by atoms with Crippen LogP contribution < -0.4 is 10.5 Å². The first-order chi connectivity index (χ1) is 13.6. The van der Waals surface area contributed by atoms with Crippen LogP contribution in [0.15, 0.2) is 53.5 Å². The van der Waals surface area contributed by atoms with E-state index in [0.717, 1.165) is 43.1 Å². The third-order valence-corrected chi connectivity index (χ3v) is 5.14. The van der Waals surface area contributed by atoms with Gasteiger partial charge >= 0.3 is 0 Å². The molecular formula is C21H22FN5O. The summed E-state index contributed by atoms with van der Waals surface area (Å²) in [6.45, 7) is 4.27. The number of halogens is 1. The monoisotopic (exact) mass is 379 g/mol. The molecule has 3 aromatic rings. The van der Waals surface area contributed by atoms with Crippen LogP contribution in [0.5, 0.6) is 0 Å². The summed E-state index contributed by atoms with van der Waals surface area (Å²) in [6, 6.07) is 11.3. The van der Waals surface area contributed by atoms with Gasteiger partial charge in [-0.1, -0.05) is 0 Å². The molecule has 0 radical (unpaired) electrons. The number of nitrogens with zero attached hydrogens (tertiary/aromatic N) is 5. The van der Waals surface area contributed by atoms with Crippen molar-refractivity contribution in [2.24, 2.45) is 5.92 Å². The highest BCUT2D eigenvalue weighted by Gasteiger charge is 2.21. The Morgan fingerprint density at radius 2 is 1.82 bits per heavy atom. The third kappa shape index (κ3) is 4.08. The van der Waals surface area contributed by atoms with E-state index in [1.807, 2.05) is 13.0 Å². The summed E-state index contributed by atoms with van der Waals surface area (Å²) in [5.41, 5.74) is 1.36. The van der Waals surface area contributed by atoms with Crippen LogP contribution in [0.25, 0.3) is 11.3 Å². The Hall–Kier alpha value is -3.09. The summed E-state index contributed by atoms with van der Waals surface area (Å²) in [7, 11) is 0. The molecule has 1 aliphatic heterocycles. The van der Waals surface area contributed by atoms with Gasteiger partial charge in [-0.05, 0) is 62.1 Å². The summed E-state index contributed by atoms with van der Waals surface area (Å²) >= 11 is 0. The molecule has 1 aromatic carbocycles. The maximum absolute atomic E-state index is 13.1. The second kappa shape index (κ2) is 7.88. The lowest BCUT2D eigenvalue weighted by atomic mass is 9.97. The van der Waals surface area contributed by atoms with Gasteiger partial charge in [0.2, 0.25) is 0 Å². The van der Waals surface area contributed by atoms with Crippen molar-refractivity contribution >= 4 is 5.82 Å². The molecule has 0 bridgehead atoms. The molecule has 3 heterocycles. The van der Waals surface area contributed by atoms with E-state index < -0.39 is 0 Å². The lowest BCUT2D eigenvalue weighted by molar-refractivity contribution is 0.335. The van der Waals surface area contributed by atoms with Crippen LogP contribution in [0.4, 0.5) is 10.2 Å². The van der Waals surface area contributed by atoms with Crippen molar-refractivity contribution in [1.82, 2.24) is 19.7 Å². The number of benzene rings is 1. The molecule has 7 heteroatoms. The van der Waals surface area contributed by atoms with Crippen LogP contribution >= 0.6 is 0 Å². The lowest BCUT2D eigenvalue weighted by Crippen LogP contribution is -2.37. The summed E-state index contributed by atoms with van der Waals surface area (Å²) in [5.74, 6) is 1.82. The molecule has 0 atom stereocenters. The Kier molecular flexibility index (Phi) is 5.14. The van der Waals surface area contributed by atoms with E-state index in [4.69, 9.17) is 0 Å². The van der Waals surface area contributed by atoms with Gasteiger partial charge in [0.15, 0.2) is 0 Å². The van der Waals surface area contributed by atoms with Crippen molar-refractivity contribution in [2.45, 2.75) is 26.3 Å². The number of hydrogen-bond donors (Lipinski definition) is 0. The number of anilines is 1. The first kappa shape index (κ1) is 18.3. The fraction of sp³-hybridized carbons (Fsp3) is 0.333. The van der Waals surface area contributed by atoms with Crippen LogP contribution in [-0.4, -0.2) is 32.8 Å². The second-order valence-corrected chi connectivity index (χ2v) is 7.14. The van der Waals surface area contributed by atoms with Gasteiger partial charge in [-0.3, -0.25) is 4.79 Å². The van der Waals surface area contributed by atoms with Gasteiger partial charge in [0, 0.05) is 37.5 Å². The van der Waals surface area contributed by atoms with Crippen molar-refractivity contribution in [1.29, 1.82) is 0 Å². The first-order valence-corrected chi connectivity index (χ1v) is 9.47. The highest BCUT2D eigenvalue weighted by molar-refractivity contribution is 5.57. The van der Waals surface area contributed by atoms with Crippen LogP contribution in [0.2, 0.25) is 0 Å². The number of aryl methyl sites for hydroxylation is 1. The SMILES string of the molecule is Cc1nccc(N2CCC(Cn3nc(-c4ccc(F)cc4)ccc3=O)CC2)n1. The van der Waals surface area contributed by atoms with Crippen LogP contribution in [0.3, 0.4) is 0 Å². The van der Waals surface area contributed by atoms with E-state index in [9.17, 15) is 9.18 Å². The van der Waals surface area contributed by atoms with Crippen molar-refractivity contribution < 1.29 is 4.39 Å². The first-order valence-electron chi connectivity index (χ1n) is 9.47. The Labute approximate surface area is 162 Å². The molecule has 144 valence electrons. The topological polar surface area (TPSA) is 63.9 Å². The van der Waals surface area contributed by atoms with Crippen molar-refractivity contribution in [2.75, 3.05) is 18.0 Å². The zero-order valence-corrected chi connectivity index (χ0v) is 15.8. The maximum atomic E-state index is 13.1. The molecule has 0 saturated carbocycles. The maximum Gasteiger partial charge on any atom is 0.266 e. The quantitative estimate of drug-likeness (QED) is 0.697. The van der Waals surface area contributed by atoms with E-state index >= 15 is 0 Å². The third-order valence-electron chi connectivity index (χ3n) is 5.14. The van der Waals surface area contributed by atoms with E-state index in [0.29, 0.717) is 18.2 Å². The smallest absolute Gasteiger partial charge is 0.266 e. The van der Waals surface area contributed by atoms with Gasteiger partial charge in [0.05, 0.1) is 5.69 Å². The Morgan fingerprint density at radius 1 is 1.07 bits per heavy atom. The summed E-state index contributed by atoms with van der Waals surface area (Å²) in [5, 5.41) is 4.50. The molecule has 0 spiro atoms. The van der Waals surface area contributed by atoms with Gasteiger partial charge in [-0.2, -0.15) is 5.10 Å². The largest absolute Gasteiger partial charge is 0.356 e. The van der Waals surface area contributed by atoms with Crippen molar-refractivity contribution in [3.05, 3.63) is 70.7 Å².